The molecule has 0 spiro atoms. The van der Waals surface area contributed by atoms with Crippen LogP contribution in [0.3, 0.4) is 0 Å². The Bertz CT molecular complexity index is 583. The normalized spacial score (nSPS) is 22.3. The molecule has 6 nitrogen and oxygen atoms in total. The zero-order valence-corrected chi connectivity index (χ0v) is 20.0. The summed E-state index contributed by atoms with van der Waals surface area (Å²) in [5.41, 5.74) is 6.72. The van der Waals surface area contributed by atoms with Gasteiger partial charge in [-0.25, -0.2) is 4.79 Å². The van der Waals surface area contributed by atoms with Crippen LogP contribution in [0.5, 0.6) is 0 Å². The van der Waals surface area contributed by atoms with Crippen molar-refractivity contribution in [1.29, 1.82) is 0 Å². The summed E-state index contributed by atoms with van der Waals surface area (Å²) in [7, 11) is -0.633. The van der Waals surface area contributed by atoms with Gasteiger partial charge in [-0.15, -0.1) is 0 Å². The van der Waals surface area contributed by atoms with Crippen molar-refractivity contribution in [3.63, 3.8) is 0 Å². The number of hydrogen-bond acceptors (Lipinski definition) is 5. The van der Waals surface area contributed by atoms with Gasteiger partial charge in [-0.3, -0.25) is 4.79 Å². The van der Waals surface area contributed by atoms with Gasteiger partial charge in [0.25, 0.3) is 0 Å². The number of methoxy groups -OCH3 is 1. The van der Waals surface area contributed by atoms with Crippen LogP contribution in [0.25, 0.3) is 0 Å². The van der Waals surface area contributed by atoms with E-state index in [4.69, 9.17) is 14.9 Å². The molecule has 1 fully saturated rings. The van der Waals surface area contributed by atoms with Crippen LogP contribution in [0.4, 0.5) is 0 Å². The fourth-order valence-electron chi connectivity index (χ4n) is 3.42. The molecule has 1 aliphatic heterocycles. The van der Waals surface area contributed by atoms with Crippen LogP contribution in [0.15, 0.2) is 11.6 Å². The molecule has 0 aromatic carbocycles. The first-order valence-corrected chi connectivity index (χ1v) is 13.3. The van der Waals surface area contributed by atoms with Gasteiger partial charge in [0.1, 0.15) is 6.04 Å². The van der Waals surface area contributed by atoms with Gasteiger partial charge in [-0.05, 0) is 31.5 Å². The summed E-state index contributed by atoms with van der Waals surface area (Å²) in [5.74, 6) is -0.728. The van der Waals surface area contributed by atoms with Gasteiger partial charge < -0.3 is 19.8 Å². The second-order valence-electron chi connectivity index (χ2n) is 9.25. The fraction of sp³-hybridized carbons (Fsp3) is 0.810. The van der Waals surface area contributed by atoms with E-state index in [0.717, 1.165) is 18.4 Å². The summed E-state index contributed by atoms with van der Waals surface area (Å²) in [5, 5.41) is 0.0661. The minimum absolute atomic E-state index is 0.0510. The van der Waals surface area contributed by atoms with Crippen molar-refractivity contribution in [2.75, 3.05) is 20.2 Å². The van der Waals surface area contributed by atoms with E-state index in [9.17, 15) is 9.59 Å². The summed E-state index contributed by atoms with van der Waals surface area (Å²) in [4.78, 5) is 27.3. The van der Waals surface area contributed by atoms with Gasteiger partial charge >= 0.3 is 5.97 Å². The molecule has 162 valence electrons. The lowest BCUT2D eigenvalue weighted by molar-refractivity contribution is -0.151. The molecular formula is C21H40N2O4Si. The maximum absolute atomic E-state index is 13.3. The number of hydrogen-bond donors (Lipinski definition) is 1. The molecule has 7 heteroatoms. The SMILES string of the molecule is CCC/C(=C\CN)C(C)C(=O)N1C[C@H](O[Si](C)(C)C(C)(C)C)C[C@H]1C(=O)OC. The van der Waals surface area contributed by atoms with E-state index in [1.54, 1.807) is 4.90 Å². The number of nitrogens with two attached hydrogens (primary N) is 1. The van der Waals surface area contributed by atoms with Crippen LogP contribution < -0.4 is 5.73 Å². The Balaban J connectivity index is 3.05. The lowest BCUT2D eigenvalue weighted by Gasteiger charge is -2.38. The van der Waals surface area contributed by atoms with E-state index < -0.39 is 14.4 Å². The van der Waals surface area contributed by atoms with Crippen molar-refractivity contribution in [2.45, 2.75) is 84.2 Å². The van der Waals surface area contributed by atoms with Crippen LogP contribution in [0.2, 0.25) is 18.1 Å². The van der Waals surface area contributed by atoms with Crippen molar-refractivity contribution < 1.29 is 18.8 Å². The summed E-state index contributed by atoms with van der Waals surface area (Å²) in [6, 6.07) is -0.588. The van der Waals surface area contributed by atoms with Gasteiger partial charge in [-0.1, -0.05) is 45.8 Å². The monoisotopic (exact) mass is 412 g/mol. The zero-order chi connectivity index (χ0) is 21.7. The molecule has 1 unspecified atom stereocenters. The number of carbonyl (C=O) groups is 2. The summed E-state index contributed by atoms with van der Waals surface area (Å²) >= 11 is 0. The van der Waals surface area contributed by atoms with Crippen molar-refractivity contribution in [2.24, 2.45) is 11.7 Å². The number of ether oxygens (including phenoxy) is 1. The molecule has 1 aliphatic rings. The largest absolute Gasteiger partial charge is 0.467 e. The standard InChI is InChI=1S/C21H40N2O4Si/c1-9-10-16(11-12-22)15(2)19(24)23-14-17(13-18(23)20(25)26-6)27-28(7,8)21(3,4)5/h11,15,17-18H,9-10,12-14,22H2,1-8H3/b16-11+/t15?,17-,18+/m1/s1. The molecule has 0 radical (unpaired) electrons. The molecule has 3 atom stereocenters. The van der Waals surface area contributed by atoms with Crippen molar-refractivity contribution in [1.82, 2.24) is 4.90 Å². The smallest absolute Gasteiger partial charge is 0.328 e. The quantitative estimate of drug-likeness (QED) is 0.375. The third-order valence-electron chi connectivity index (χ3n) is 6.13. The van der Waals surface area contributed by atoms with E-state index in [0.29, 0.717) is 19.5 Å². The predicted octanol–water partition coefficient (Wildman–Crippen LogP) is 3.47. The summed E-state index contributed by atoms with van der Waals surface area (Å²) in [6.45, 7) is 15.8. The first kappa shape index (κ1) is 24.9. The van der Waals surface area contributed by atoms with Crippen molar-refractivity contribution in [3.05, 3.63) is 11.6 Å². The maximum atomic E-state index is 13.3. The van der Waals surface area contributed by atoms with Crippen molar-refractivity contribution >= 4 is 20.2 Å². The lowest BCUT2D eigenvalue weighted by atomic mass is 9.94. The molecule has 0 saturated carbocycles. The molecule has 1 saturated heterocycles. The first-order chi connectivity index (χ1) is 12.9. The van der Waals surface area contributed by atoms with Crippen LogP contribution in [0.1, 0.15) is 53.9 Å². The number of likely N-dealkylation sites (tertiary alicyclic amines) is 1. The summed E-state index contributed by atoms with van der Waals surface area (Å²) < 4.78 is 11.5. The Morgan fingerprint density at radius 3 is 2.39 bits per heavy atom. The Morgan fingerprint density at radius 2 is 1.93 bits per heavy atom. The molecule has 1 rings (SSSR count). The number of nitrogens with zero attached hydrogens (tertiary/aromatic N) is 1. The van der Waals surface area contributed by atoms with Gasteiger partial charge in [0.15, 0.2) is 8.32 Å². The van der Waals surface area contributed by atoms with E-state index in [1.165, 1.54) is 7.11 Å². The molecule has 2 N–H and O–H groups in total. The second kappa shape index (κ2) is 10.0. The van der Waals surface area contributed by atoms with E-state index in [1.807, 2.05) is 13.0 Å². The lowest BCUT2D eigenvalue weighted by Crippen LogP contribution is -2.45. The number of amides is 1. The van der Waals surface area contributed by atoms with Crippen LogP contribution in [-0.4, -0.2) is 57.4 Å². The number of esters is 1. The predicted molar refractivity (Wildman–Crippen MR) is 115 cm³/mol. The highest BCUT2D eigenvalue weighted by Gasteiger charge is 2.46. The minimum Gasteiger partial charge on any atom is -0.467 e. The Hall–Kier alpha value is -1.18. The average molecular weight is 413 g/mol. The summed E-state index contributed by atoms with van der Waals surface area (Å²) in [6.07, 6.45) is 4.04. The van der Waals surface area contributed by atoms with Crippen LogP contribution in [-0.2, 0) is 18.8 Å². The van der Waals surface area contributed by atoms with Gasteiger partial charge in [-0.2, -0.15) is 0 Å². The highest BCUT2D eigenvalue weighted by atomic mass is 28.4. The average Bonchev–Trinajstić information content (AvgIpc) is 3.01. The third-order valence-corrected chi connectivity index (χ3v) is 10.7. The fourth-order valence-corrected chi connectivity index (χ4v) is 4.78. The minimum atomic E-state index is -2.00. The Kier molecular flexibility index (Phi) is 8.90. The Labute approximate surface area is 171 Å². The van der Waals surface area contributed by atoms with E-state index in [2.05, 4.69) is 40.8 Å². The molecule has 0 aromatic heterocycles. The Morgan fingerprint density at radius 1 is 1.32 bits per heavy atom. The molecule has 1 amide bonds. The molecule has 28 heavy (non-hydrogen) atoms. The van der Waals surface area contributed by atoms with Crippen molar-refractivity contribution in [3.8, 4) is 0 Å². The molecule has 0 aromatic rings. The number of rotatable bonds is 8. The van der Waals surface area contributed by atoms with E-state index >= 15 is 0 Å². The maximum Gasteiger partial charge on any atom is 0.328 e. The molecule has 0 aliphatic carbocycles. The molecule has 0 bridgehead atoms. The molecular weight excluding hydrogens is 372 g/mol. The first-order valence-electron chi connectivity index (χ1n) is 10.3. The van der Waals surface area contributed by atoms with Crippen LogP contribution >= 0.6 is 0 Å². The highest BCUT2D eigenvalue weighted by Crippen LogP contribution is 2.39. The van der Waals surface area contributed by atoms with Gasteiger partial charge in [0, 0.05) is 19.5 Å². The number of carbonyl (C=O) groups excluding carboxylic acids is 2. The van der Waals surface area contributed by atoms with Crippen LogP contribution in [0, 0.1) is 5.92 Å². The molecule has 1 heterocycles. The topological polar surface area (TPSA) is 81.9 Å². The third kappa shape index (κ3) is 5.91. The highest BCUT2D eigenvalue weighted by molar-refractivity contribution is 6.74. The van der Waals surface area contributed by atoms with Gasteiger partial charge in [0.2, 0.25) is 5.91 Å². The van der Waals surface area contributed by atoms with Gasteiger partial charge in [0.05, 0.1) is 19.1 Å². The van der Waals surface area contributed by atoms with E-state index in [-0.39, 0.29) is 28.9 Å². The second-order valence-corrected chi connectivity index (χ2v) is 14.0. The zero-order valence-electron chi connectivity index (χ0n) is 19.0.